The number of esters is 1. The number of carbonyl (C=O) groups excluding carboxylic acids is 2. The first-order chi connectivity index (χ1) is 10.7. The fraction of sp³-hybridized carbons (Fsp3) is 0.333. The Labute approximate surface area is 130 Å². The Kier molecular flexibility index (Phi) is 3.32. The maximum absolute atomic E-state index is 15.4. The highest BCUT2D eigenvalue weighted by molar-refractivity contribution is 7.80. The standard InChI is InChI=1S/C12H11FN2O7S/c1-21-10(16)12(13)8-5-3-2-4-7(8)9-6-14(12)11(17)15(9)22-23(18,19)20/h2-5,9H,6H2,1H3,(H,18,19,20). The van der Waals surface area contributed by atoms with E-state index in [2.05, 4.69) is 9.02 Å². The lowest BCUT2D eigenvalue weighted by Crippen LogP contribution is -2.52. The van der Waals surface area contributed by atoms with Crippen LogP contribution in [-0.2, 0) is 30.0 Å². The van der Waals surface area contributed by atoms with Crippen LogP contribution in [0.3, 0.4) is 0 Å². The molecule has 2 bridgehead atoms. The number of amides is 2. The van der Waals surface area contributed by atoms with Crippen molar-refractivity contribution in [3.05, 3.63) is 35.4 Å². The molecule has 2 aliphatic rings. The van der Waals surface area contributed by atoms with Crippen LogP contribution in [0.15, 0.2) is 24.3 Å². The number of alkyl halides is 1. The Hall–Kier alpha value is -2.24. The van der Waals surface area contributed by atoms with Crippen molar-refractivity contribution in [3.63, 3.8) is 0 Å². The number of fused-ring (bicyclic) bond motifs is 4. The van der Waals surface area contributed by atoms with E-state index >= 15 is 4.39 Å². The molecule has 1 aromatic carbocycles. The Morgan fingerprint density at radius 2 is 2.09 bits per heavy atom. The lowest BCUT2D eigenvalue weighted by atomic mass is 9.89. The van der Waals surface area contributed by atoms with Crippen LogP contribution >= 0.6 is 0 Å². The van der Waals surface area contributed by atoms with E-state index in [1.165, 1.54) is 24.3 Å². The normalized spacial score (nSPS) is 26.2. The number of benzene rings is 1. The molecule has 2 heterocycles. The van der Waals surface area contributed by atoms with Crippen molar-refractivity contribution in [3.8, 4) is 0 Å². The van der Waals surface area contributed by atoms with Crippen LogP contribution in [0.25, 0.3) is 0 Å². The maximum atomic E-state index is 15.4. The van der Waals surface area contributed by atoms with Crippen molar-refractivity contribution in [2.45, 2.75) is 11.8 Å². The summed E-state index contributed by atoms with van der Waals surface area (Å²) < 4.78 is 54.8. The van der Waals surface area contributed by atoms with Crippen LogP contribution in [0.1, 0.15) is 17.2 Å². The molecule has 9 nitrogen and oxygen atoms in total. The van der Waals surface area contributed by atoms with Gasteiger partial charge in [0.05, 0.1) is 13.7 Å². The fourth-order valence-electron chi connectivity index (χ4n) is 2.84. The topological polar surface area (TPSA) is 113 Å². The number of carbonyl (C=O) groups is 2. The van der Waals surface area contributed by atoms with Gasteiger partial charge in [-0.25, -0.2) is 14.0 Å². The van der Waals surface area contributed by atoms with Crippen LogP contribution in [0.2, 0.25) is 0 Å². The highest BCUT2D eigenvalue weighted by atomic mass is 32.3. The Morgan fingerprint density at radius 3 is 2.70 bits per heavy atom. The first-order valence-electron chi connectivity index (χ1n) is 6.34. The Bertz CT molecular complexity index is 798. The molecule has 2 unspecified atom stereocenters. The number of halogens is 1. The van der Waals surface area contributed by atoms with Gasteiger partial charge in [-0.3, -0.25) is 9.45 Å². The number of ether oxygens (including phenoxy) is 1. The van der Waals surface area contributed by atoms with E-state index in [1.807, 2.05) is 0 Å². The molecule has 0 aliphatic carbocycles. The lowest BCUT2D eigenvalue weighted by Gasteiger charge is -2.35. The monoisotopic (exact) mass is 346 g/mol. The largest absolute Gasteiger partial charge is 0.465 e. The summed E-state index contributed by atoms with van der Waals surface area (Å²) in [4.78, 5) is 24.7. The second-order valence-electron chi connectivity index (χ2n) is 4.94. The molecule has 0 saturated carbocycles. The summed E-state index contributed by atoms with van der Waals surface area (Å²) in [6, 6.07) is 3.47. The van der Waals surface area contributed by atoms with E-state index in [0.29, 0.717) is 9.96 Å². The molecule has 2 amide bonds. The third-order valence-electron chi connectivity index (χ3n) is 3.74. The minimum atomic E-state index is -5.00. The van der Waals surface area contributed by atoms with Gasteiger partial charge in [-0.1, -0.05) is 24.3 Å². The van der Waals surface area contributed by atoms with E-state index in [-0.39, 0.29) is 17.7 Å². The molecule has 2 aliphatic heterocycles. The molecule has 124 valence electrons. The van der Waals surface area contributed by atoms with Gasteiger partial charge in [0.15, 0.2) is 0 Å². The Balaban J connectivity index is 2.18. The summed E-state index contributed by atoms with van der Waals surface area (Å²) in [5.74, 6) is -4.25. The van der Waals surface area contributed by atoms with Crippen LogP contribution in [0.4, 0.5) is 9.18 Å². The van der Waals surface area contributed by atoms with E-state index in [0.717, 1.165) is 7.11 Å². The number of hydroxylamine groups is 2. The zero-order valence-corrected chi connectivity index (χ0v) is 12.5. The van der Waals surface area contributed by atoms with Gasteiger partial charge in [-0.2, -0.15) is 13.5 Å². The predicted molar refractivity (Wildman–Crippen MR) is 70.6 cm³/mol. The van der Waals surface area contributed by atoms with Crippen molar-refractivity contribution in [1.82, 2.24) is 9.96 Å². The molecule has 0 spiro atoms. The first-order valence-corrected chi connectivity index (χ1v) is 7.71. The molecular weight excluding hydrogens is 335 g/mol. The van der Waals surface area contributed by atoms with Crippen LogP contribution in [0.5, 0.6) is 0 Å². The first kappa shape index (κ1) is 15.6. The van der Waals surface area contributed by atoms with Gasteiger partial charge in [-0.05, 0) is 5.56 Å². The minimum Gasteiger partial charge on any atom is -0.465 e. The molecular formula is C12H11FN2O7S. The van der Waals surface area contributed by atoms with Gasteiger partial charge in [0.1, 0.15) is 6.04 Å². The fourth-order valence-corrected chi connectivity index (χ4v) is 3.21. The summed E-state index contributed by atoms with van der Waals surface area (Å²) in [7, 11) is -4.04. The molecule has 0 radical (unpaired) electrons. The zero-order chi connectivity index (χ0) is 17.0. The molecule has 3 rings (SSSR count). The second kappa shape index (κ2) is 4.88. The molecule has 1 N–H and O–H groups in total. The van der Waals surface area contributed by atoms with E-state index in [4.69, 9.17) is 4.55 Å². The smallest absolute Gasteiger partial charge is 0.418 e. The average molecular weight is 346 g/mol. The zero-order valence-electron chi connectivity index (χ0n) is 11.7. The summed E-state index contributed by atoms with van der Waals surface area (Å²) in [6.07, 6.45) is 0. The molecule has 0 aromatic heterocycles. The quantitative estimate of drug-likeness (QED) is 0.482. The van der Waals surface area contributed by atoms with Crippen molar-refractivity contribution in [2.75, 3.05) is 13.7 Å². The van der Waals surface area contributed by atoms with Crippen LogP contribution in [-0.4, -0.2) is 48.6 Å². The summed E-state index contributed by atoms with van der Waals surface area (Å²) >= 11 is 0. The Morgan fingerprint density at radius 1 is 1.43 bits per heavy atom. The number of urea groups is 1. The number of hydrogen-bond acceptors (Lipinski definition) is 6. The third-order valence-corrected chi connectivity index (χ3v) is 4.09. The number of nitrogens with zero attached hydrogens (tertiary/aromatic N) is 2. The summed E-state index contributed by atoms with van der Waals surface area (Å²) in [5, 5.41) is 0.318. The van der Waals surface area contributed by atoms with Crippen molar-refractivity contribution in [1.29, 1.82) is 0 Å². The molecule has 1 aromatic rings. The van der Waals surface area contributed by atoms with E-state index in [9.17, 15) is 18.0 Å². The molecule has 1 saturated heterocycles. The molecule has 23 heavy (non-hydrogen) atoms. The second-order valence-corrected chi connectivity index (χ2v) is 5.94. The summed E-state index contributed by atoms with van der Waals surface area (Å²) in [5.41, 5.74) is 0.0176. The maximum Gasteiger partial charge on any atom is 0.418 e. The molecule has 1 fully saturated rings. The van der Waals surface area contributed by atoms with Crippen LogP contribution in [0, 0.1) is 0 Å². The number of hydrogen-bond donors (Lipinski definition) is 1. The van der Waals surface area contributed by atoms with Gasteiger partial charge in [0.25, 0.3) is 0 Å². The highest BCUT2D eigenvalue weighted by Gasteiger charge is 2.62. The average Bonchev–Trinajstić information content (AvgIpc) is 2.78. The molecule has 11 heteroatoms. The predicted octanol–water partition coefficient (Wildman–Crippen LogP) is 0.509. The SMILES string of the molecule is COC(=O)C1(F)c2ccccc2C2CN1C(=O)N2OS(=O)(=O)O. The third kappa shape index (κ3) is 2.16. The minimum absolute atomic E-state index is 0.155. The number of rotatable bonds is 3. The van der Waals surface area contributed by atoms with E-state index < -0.39 is 34.2 Å². The van der Waals surface area contributed by atoms with Crippen molar-refractivity contribution < 1.29 is 36.0 Å². The van der Waals surface area contributed by atoms with Crippen molar-refractivity contribution in [2.24, 2.45) is 0 Å². The van der Waals surface area contributed by atoms with Crippen molar-refractivity contribution >= 4 is 22.4 Å². The van der Waals surface area contributed by atoms with Gasteiger partial charge in [0.2, 0.25) is 0 Å². The van der Waals surface area contributed by atoms with Gasteiger partial charge in [0, 0.05) is 5.56 Å². The van der Waals surface area contributed by atoms with E-state index in [1.54, 1.807) is 0 Å². The van der Waals surface area contributed by atoms with Crippen LogP contribution < -0.4 is 0 Å². The molecule has 2 atom stereocenters. The van der Waals surface area contributed by atoms with Gasteiger partial charge in [-0.15, -0.1) is 4.28 Å². The van der Waals surface area contributed by atoms with Gasteiger partial charge < -0.3 is 4.74 Å². The lowest BCUT2D eigenvalue weighted by molar-refractivity contribution is -0.168. The number of methoxy groups -OCH3 is 1. The van der Waals surface area contributed by atoms with Gasteiger partial charge >= 0.3 is 28.2 Å². The summed E-state index contributed by atoms with van der Waals surface area (Å²) in [6.45, 7) is -0.350. The highest BCUT2D eigenvalue weighted by Crippen LogP contribution is 2.48.